The third-order valence-corrected chi connectivity index (χ3v) is 6.56. The fraction of sp³-hybridized carbons (Fsp3) is 0.385. The van der Waals surface area contributed by atoms with E-state index in [1.165, 1.54) is 36.3 Å². The summed E-state index contributed by atoms with van der Waals surface area (Å²) in [5.41, 5.74) is -1.25. The van der Waals surface area contributed by atoms with Crippen molar-refractivity contribution in [1.82, 2.24) is 4.90 Å². The summed E-state index contributed by atoms with van der Waals surface area (Å²) >= 11 is 0. The van der Waals surface area contributed by atoms with E-state index in [2.05, 4.69) is 4.99 Å². The summed E-state index contributed by atoms with van der Waals surface area (Å²) in [5.74, 6) is -2.83. The second-order valence-electron chi connectivity index (χ2n) is 8.78. The molecule has 0 spiro atoms. The van der Waals surface area contributed by atoms with Crippen LogP contribution >= 0.6 is 0 Å². The maximum absolute atomic E-state index is 14.4. The van der Waals surface area contributed by atoms with Crippen LogP contribution in [0.1, 0.15) is 36.0 Å². The normalized spacial score (nSPS) is 19.4. The molecule has 0 saturated carbocycles. The Morgan fingerprint density at radius 1 is 1.14 bits per heavy atom. The number of benzene rings is 2. The lowest BCUT2D eigenvalue weighted by atomic mass is 9.85. The van der Waals surface area contributed by atoms with Crippen molar-refractivity contribution >= 4 is 5.71 Å². The van der Waals surface area contributed by atoms with Crippen molar-refractivity contribution in [1.29, 1.82) is 5.26 Å². The van der Waals surface area contributed by atoms with Gasteiger partial charge in [0, 0.05) is 19.0 Å². The van der Waals surface area contributed by atoms with Gasteiger partial charge in [-0.05, 0) is 61.1 Å². The Bertz CT molecular complexity index is 1240. The van der Waals surface area contributed by atoms with Gasteiger partial charge in [-0.2, -0.15) is 18.4 Å². The number of nitriles is 1. The molecule has 2 unspecified atom stereocenters. The van der Waals surface area contributed by atoms with Gasteiger partial charge in [0.1, 0.15) is 11.9 Å². The molecular formula is C26H24F5N3O2. The monoisotopic (exact) mass is 505 g/mol. The lowest BCUT2D eigenvalue weighted by molar-refractivity contribution is -0.0993. The van der Waals surface area contributed by atoms with E-state index in [0.717, 1.165) is 18.9 Å². The van der Waals surface area contributed by atoms with Gasteiger partial charge in [0.05, 0.1) is 29.7 Å². The molecule has 1 fully saturated rings. The van der Waals surface area contributed by atoms with E-state index in [4.69, 9.17) is 10.00 Å². The highest BCUT2D eigenvalue weighted by Gasteiger charge is 2.48. The first kappa shape index (κ1) is 25.8. The number of aliphatic imine (C=N–C) groups is 1. The lowest BCUT2D eigenvalue weighted by Crippen LogP contribution is -2.35. The number of hydrogen-bond acceptors (Lipinski definition) is 5. The number of methoxy groups -OCH3 is 1. The van der Waals surface area contributed by atoms with Crippen LogP contribution in [0.15, 0.2) is 52.7 Å². The minimum atomic E-state index is -4.82. The quantitative estimate of drug-likeness (QED) is 0.530. The number of aliphatic hydroxyl groups excluding tert-OH is 1. The second kappa shape index (κ2) is 10.4. The van der Waals surface area contributed by atoms with E-state index >= 15 is 0 Å². The number of aliphatic hydroxyl groups is 1. The standard InChI is InChI=1S/C26H24F5N3O2/c1-36-21-9-5-15(12-20(21)28)4-8-18-22(26(29,30)31)24(25(35)34-10-2-3-11-34)33-23(18)16-6-7-17(14-32)19(27)13-16/h5-7,9,12-13,18,25,35H,2-4,8,10-11H2,1H3. The molecule has 0 radical (unpaired) electrons. The minimum absolute atomic E-state index is 0.0156. The first-order chi connectivity index (χ1) is 17.1. The largest absolute Gasteiger partial charge is 0.494 e. The van der Waals surface area contributed by atoms with E-state index in [0.29, 0.717) is 18.7 Å². The number of likely N-dealkylation sites (tertiary alicyclic amines) is 1. The Hall–Kier alpha value is -3.29. The Morgan fingerprint density at radius 3 is 2.44 bits per heavy atom. The van der Waals surface area contributed by atoms with Crippen LogP contribution in [0.25, 0.3) is 0 Å². The van der Waals surface area contributed by atoms with Crippen molar-refractivity contribution in [2.24, 2.45) is 10.9 Å². The molecule has 0 aliphatic carbocycles. The van der Waals surface area contributed by atoms with Crippen LogP contribution in [0, 0.1) is 28.9 Å². The van der Waals surface area contributed by atoms with E-state index in [1.807, 2.05) is 0 Å². The SMILES string of the molecule is COc1ccc(CCC2C(c3ccc(C#N)c(F)c3)=NC(C(O)N3CCCC3)=C2C(F)(F)F)cc1F. The van der Waals surface area contributed by atoms with Crippen molar-refractivity contribution in [3.05, 3.63) is 76.0 Å². The maximum atomic E-state index is 14.4. The number of rotatable bonds is 7. The van der Waals surface area contributed by atoms with Crippen molar-refractivity contribution < 1.29 is 31.8 Å². The number of allylic oxidation sites excluding steroid dienone is 1. The van der Waals surface area contributed by atoms with Gasteiger partial charge in [0.25, 0.3) is 0 Å². The third-order valence-electron chi connectivity index (χ3n) is 6.56. The van der Waals surface area contributed by atoms with Gasteiger partial charge in [-0.1, -0.05) is 12.1 Å². The Kier molecular flexibility index (Phi) is 7.43. The molecule has 0 bridgehead atoms. The highest BCUT2D eigenvalue weighted by atomic mass is 19.4. The third kappa shape index (κ3) is 5.13. The average Bonchev–Trinajstić information content (AvgIpc) is 3.50. The Balaban J connectivity index is 1.75. The van der Waals surface area contributed by atoms with Crippen LogP contribution in [0.5, 0.6) is 5.75 Å². The predicted octanol–water partition coefficient (Wildman–Crippen LogP) is 5.13. The van der Waals surface area contributed by atoms with Crippen molar-refractivity contribution in [2.45, 2.75) is 38.1 Å². The highest BCUT2D eigenvalue weighted by Crippen LogP contribution is 2.44. The molecule has 2 atom stereocenters. The van der Waals surface area contributed by atoms with Gasteiger partial charge >= 0.3 is 6.18 Å². The smallest absolute Gasteiger partial charge is 0.415 e. The molecule has 10 heteroatoms. The van der Waals surface area contributed by atoms with Gasteiger partial charge in [-0.25, -0.2) is 8.78 Å². The van der Waals surface area contributed by atoms with Crippen molar-refractivity contribution in [3.63, 3.8) is 0 Å². The van der Waals surface area contributed by atoms with Crippen LogP contribution in [-0.4, -0.2) is 48.3 Å². The summed E-state index contributed by atoms with van der Waals surface area (Å²) in [5, 5.41) is 19.9. The van der Waals surface area contributed by atoms with E-state index in [9.17, 15) is 27.1 Å². The van der Waals surface area contributed by atoms with Crippen LogP contribution in [-0.2, 0) is 6.42 Å². The highest BCUT2D eigenvalue weighted by molar-refractivity contribution is 6.06. The van der Waals surface area contributed by atoms with Gasteiger partial charge in [0.2, 0.25) is 0 Å². The molecule has 4 rings (SSSR count). The minimum Gasteiger partial charge on any atom is -0.494 e. The molecule has 2 heterocycles. The Labute approximate surface area is 205 Å². The topological polar surface area (TPSA) is 68.8 Å². The zero-order chi connectivity index (χ0) is 26.0. The lowest BCUT2D eigenvalue weighted by Gasteiger charge is -2.25. The van der Waals surface area contributed by atoms with Crippen LogP contribution < -0.4 is 4.74 Å². The summed E-state index contributed by atoms with van der Waals surface area (Å²) in [6, 6.07) is 9.36. The average molecular weight is 505 g/mol. The van der Waals surface area contributed by atoms with Crippen molar-refractivity contribution in [2.75, 3.05) is 20.2 Å². The van der Waals surface area contributed by atoms with Crippen LogP contribution in [0.2, 0.25) is 0 Å². The number of aryl methyl sites for hydroxylation is 1. The number of alkyl halides is 3. The molecule has 2 aliphatic heterocycles. The molecule has 190 valence electrons. The van der Waals surface area contributed by atoms with Gasteiger partial charge in [0.15, 0.2) is 17.8 Å². The number of hydrogen-bond donors (Lipinski definition) is 1. The molecule has 1 N–H and O–H groups in total. The first-order valence-corrected chi connectivity index (χ1v) is 11.5. The fourth-order valence-electron chi connectivity index (χ4n) is 4.77. The zero-order valence-electron chi connectivity index (χ0n) is 19.4. The summed E-state index contributed by atoms with van der Waals surface area (Å²) in [6.07, 6.45) is -4.94. The molecule has 2 aliphatic rings. The molecule has 2 aromatic carbocycles. The number of halogens is 5. The van der Waals surface area contributed by atoms with Crippen LogP contribution in [0.4, 0.5) is 22.0 Å². The van der Waals surface area contributed by atoms with Gasteiger partial charge < -0.3 is 9.84 Å². The fourth-order valence-corrected chi connectivity index (χ4v) is 4.77. The summed E-state index contributed by atoms with van der Waals surface area (Å²) in [6.45, 7) is 0.865. The van der Waals surface area contributed by atoms with Crippen LogP contribution in [0.3, 0.4) is 0 Å². The Morgan fingerprint density at radius 2 is 1.86 bits per heavy atom. The van der Waals surface area contributed by atoms with E-state index in [1.54, 1.807) is 12.1 Å². The first-order valence-electron chi connectivity index (χ1n) is 11.5. The maximum Gasteiger partial charge on any atom is 0.415 e. The molecule has 2 aromatic rings. The summed E-state index contributed by atoms with van der Waals surface area (Å²) in [4.78, 5) is 5.76. The van der Waals surface area contributed by atoms with Gasteiger partial charge in [-0.3, -0.25) is 9.89 Å². The van der Waals surface area contributed by atoms with E-state index in [-0.39, 0.29) is 35.4 Å². The molecule has 5 nitrogen and oxygen atoms in total. The summed E-state index contributed by atoms with van der Waals surface area (Å²) in [7, 11) is 1.31. The number of ether oxygens (including phenoxy) is 1. The number of nitrogens with zero attached hydrogens (tertiary/aromatic N) is 3. The predicted molar refractivity (Wildman–Crippen MR) is 122 cm³/mol. The zero-order valence-corrected chi connectivity index (χ0v) is 19.4. The molecular weight excluding hydrogens is 481 g/mol. The van der Waals surface area contributed by atoms with E-state index < -0.39 is 41.2 Å². The summed E-state index contributed by atoms with van der Waals surface area (Å²) < 4.78 is 76.8. The molecule has 0 aromatic heterocycles. The van der Waals surface area contributed by atoms with Gasteiger partial charge in [-0.15, -0.1) is 0 Å². The molecule has 36 heavy (non-hydrogen) atoms. The molecule has 1 saturated heterocycles. The molecule has 0 amide bonds. The van der Waals surface area contributed by atoms with Crippen molar-refractivity contribution in [3.8, 4) is 11.8 Å². The second-order valence-corrected chi connectivity index (χ2v) is 8.78.